The highest BCUT2D eigenvalue weighted by atomic mass is 32.2. The summed E-state index contributed by atoms with van der Waals surface area (Å²) in [5, 5.41) is 12.1. The molecular weight excluding hydrogens is 396 g/mol. The Labute approximate surface area is 167 Å². The van der Waals surface area contributed by atoms with Gasteiger partial charge in [-0.15, -0.1) is 0 Å². The number of carbonyl (C=O) groups excluding carboxylic acids is 1. The topological polar surface area (TPSA) is 122 Å². The maximum Gasteiger partial charge on any atom is 0.310 e. The van der Waals surface area contributed by atoms with Gasteiger partial charge in [-0.3, -0.25) is 14.3 Å². The number of carbonyl (C=O) groups is 2. The van der Waals surface area contributed by atoms with Crippen LogP contribution in [0.4, 0.5) is 11.4 Å². The van der Waals surface area contributed by atoms with Gasteiger partial charge in [0.25, 0.3) is 10.0 Å². The zero-order chi connectivity index (χ0) is 20.6. The fourth-order valence-electron chi connectivity index (χ4n) is 3.58. The minimum atomic E-state index is -3.77. The number of anilines is 2. The van der Waals surface area contributed by atoms with Crippen molar-refractivity contribution in [2.24, 2.45) is 11.8 Å². The summed E-state index contributed by atoms with van der Waals surface area (Å²) in [5.74, 6) is -3.35. The van der Waals surface area contributed by atoms with E-state index in [4.69, 9.17) is 4.74 Å². The third-order valence-electron chi connectivity index (χ3n) is 4.95. The average Bonchev–Trinajstić information content (AvgIpc) is 3.30. The number of fused-ring (bicyclic) bond motifs is 2. The molecule has 2 aliphatic rings. The fraction of sp³-hybridized carbons (Fsp3) is 0.200. The quantitative estimate of drug-likeness (QED) is 0.622. The molecule has 0 saturated carbocycles. The number of benzene rings is 2. The molecular formula is C20H18N2O6S. The van der Waals surface area contributed by atoms with Crippen LogP contribution in [0, 0.1) is 11.8 Å². The number of carboxylic acids is 1. The first-order valence-corrected chi connectivity index (χ1v) is 10.4. The van der Waals surface area contributed by atoms with Crippen molar-refractivity contribution in [3.63, 3.8) is 0 Å². The van der Waals surface area contributed by atoms with E-state index >= 15 is 0 Å². The van der Waals surface area contributed by atoms with E-state index < -0.39 is 45.9 Å². The van der Waals surface area contributed by atoms with Gasteiger partial charge in [0, 0.05) is 11.4 Å². The summed E-state index contributed by atoms with van der Waals surface area (Å²) < 4.78 is 32.9. The number of aliphatic carboxylic acids is 1. The van der Waals surface area contributed by atoms with Crippen LogP contribution in [0.3, 0.4) is 0 Å². The molecule has 4 rings (SSSR count). The Morgan fingerprint density at radius 1 is 0.862 bits per heavy atom. The molecule has 1 fully saturated rings. The highest BCUT2D eigenvalue weighted by Crippen LogP contribution is 2.39. The molecule has 4 atom stereocenters. The Morgan fingerprint density at radius 3 is 2.10 bits per heavy atom. The van der Waals surface area contributed by atoms with Crippen molar-refractivity contribution in [1.82, 2.24) is 0 Å². The van der Waals surface area contributed by atoms with Crippen molar-refractivity contribution in [2.45, 2.75) is 17.1 Å². The second kappa shape index (κ2) is 7.34. The predicted molar refractivity (Wildman–Crippen MR) is 105 cm³/mol. The standard InChI is InChI=1S/C20H18N2O6S/c23-19(17-15-10-11-16(28-15)18(17)20(24)25)21-12-6-8-14(9-7-12)29(26,27)22-13-4-2-1-3-5-13/h1-11,15-18,22H,(H,21,23)(H,24,25)/t15-,16+,17+,18-/m1/s1. The molecule has 2 aliphatic heterocycles. The van der Waals surface area contributed by atoms with Crippen molar-refractivity contribution in [3.8, 4) is 0 Å². The van der Waals surface area contributed by atoms with Gasteiger partial charge in [-0.2, -0.15) is 0 Å². The van der Waals surface area contributed by atoms with E-state index in [1.807, 2.05) is 0 Å². The lowest BCUT2D eigenvalue weighted by atomic mass is 9.82. The zero-order valence-corrected chi connectivity index (χ0v) is 15.9. The van der Waals surface area contributed by atoms with Crippen molar-refractivity contribution >= 4 is 33.3 Å². The van der Waals surface area contributed by atoms with Crippen LogP contribution in [-0.2, 0) is 24.3 Å². The molecule has 9 heteroatoms. The second-order valence-electron chi connectivity index (χ2n) is 6.83. The van der Waals surface area contributed by atoms with Crippen LogP contribution in [0.25, 0.3) is 0 Å². The number of hydrogen-bond acceptors (Lipinski definition) is 5. The summed E-state index contributed by atoms with van der Waals surface area (Å²) in [6.45, 7) is 0. The first-order valence-electron chi connectivity index (χ1n) is 8.90. The Bertz CT molecular complexity index is 1070. The maximum atomic E-state index is 12.6. The molecule has 0 aromatic heterocycles. The Balaban J connectivity index is 1.46. The van der Waals surface area contributed by atoms with E-state index in [0.29, 0.717) is 11.4 Å². The maximum absolute atomic E-state index is 12.6. The number of nitrogens with one attached hydrogen (secondary N) is 2. The Kier molecular flexibility index (Phi) is 4.85. The van der Waals surface area contributed by atoms with Gasteiger partial charge in [0.15, 0.2) is 0 Å². The van der Waals surface area contributed by atoms with Gasteiger partial charge in [-0.1, -0.05) is 30.4 Å². The van der Waals surface area contributed by atoms with Crippen LogP contribution in [0.1, 0.15) is 0 Å². The van der Waals surface area contributed by atoms with Gasteiger partial charge in [0.05, 0.1) is 23.0 Å². The summed E-state index contributed by atoms with van der Waals surface area (Å²) in [6, 6.07) is 14.1. The molecule has 1 saturated heterocycles. The number of rotatable bonds is 6. The van der Waals surface area contributed by atoms with Crippen LogP contribution in [0.15, 0.2) is 71.6 Å². The fourth-order valence-corrected chi connectivity index (χ4v) is 4.64. The van der Waals surface area contributed by atoms with Crippen molar-refractivity contribution in [1.29, 1.82) is 0 Å². The number of carboxylic acid groups (broad SMARTS) is 1. The molecule has 3 N–H and O–H groups in total. The van der Waals surface area contributed by atoms with Crippen LogP contribution in [0.5, 0.6) is 0 Å². The van der Waals surface area contributed by atoms with Gasteiger partial charge >= 0.3 is 5.97 Å². The number of amides is 1. The van der Waals surface area contributed by atoms with E-state index in [1.54, 1.807) is 42.5 Å². The minimum absolute atomic E-state index is 0.0361. The van der Waals surface area contributed by atoms with Gasteiger partial charge in [-0.05, 0) is 36.4 Å². The largest absolute Gasteiger partial charge is 0.481 e. The Morgan fingerprint density at radius 2 is 1.48 bits per heavy atom. The third-order valence-corrected chi connectivity index (χ3v) is 6.34. The first kappa shape index (κ1) is 19.2. The van der Waals surface area contributed by atoms with Crippen LogP contribution in [0.2, 0.25) is 0 Å². The average molecular weight is 414 g/mol. The van der Waals surface area contributed by atoms with E-state index in [0.717, 1.165) is 0 Å². The van der Waals surface area contributed by atoms with E-state index in [-0.39, 0.29) is 4.90 Å². The van der Waals surface area contributed by atoms with E-state index in [2.05, 4.69) is 10.0 Å². The summed E-state index contributed by atoms with van der Waals surface area (Å²) in [5.41, 5.74) is 0.804. The smallest absolute Gasteiger partial charge is 0.310 e. The van der Waals surface area contributed by atoms with Crippen LogP contribution in [-0.4, -0.2) is 37.6 Å². The van der Waals surface area contributed by atoms with E-state index in [1.165, 1.54) is 24.3 Å². The molecule has 2 bridgehead atoms. The molecule has 150 valence electrons. The van der Waals surface area contributed by atoms with Crippen LogP contribution < -0.4 is 10.0 Å². The van der Waals surface area contributed by atoms with Crippen molar-refractivity contribution < 1.29 is 27.9 Å². The SMILES string of the molecule is O=C(Nc1ccc(S(=O)(=O)Nc2ccccc2)cc1)[C@@H]1[C@H](C(=O)O)[C@@H]2C=C[C@H]1O2. The van der Waals surface area contributed by atoms with Gasteiger partial charge in [0.1, 0.15) is 5.92 Å². The molecule has 2 aromatic carbocycles. The van der Waals surface area contributed by atoms with Gasteiger partial charge in [-0.25, -0.2) is 8.42 Å². The molecule has 0 spiro atoms. The molecule has 1 amide bonds. The zero-order valence-electron chi connectivity index (χ0n) is 15.1. The lowest BCUT2D eigenvalue weighted by molar-refractivity contribution is -0.145. The number of para-hydroxylation sites is 1. The number of hydrogen-bond donors (Lipinski definition) is 3. The summed E-state index contributed by atoms with van der Waals surface area (Å²) in [6.07, 6.45) is 2.17. The highest BCUT2D eigenvalue weighted by Gasteiger charge is 2.53. The van der Waals surface area contributed by atoms with Crippen molar-refractivity contribution in [3.05, 3.63) is 66.7 Å². The molecule has 8 nitrogen and oxygen atoms in total. The third kappa shape index (κ3) is 3.74. The number of sulfonamides is 1. The summed E-state index contributed by atoms with van der Waals surface area (Å²) in [4.78, 5) is 24.2. The van der Waals surface area contributed by atoms with E-state index in [9.17, 15) is 23.1 Å². The summed E-state index contributed by atoms with van der Waals surface area (Å²) in [7, 11) is -3.77. The number of ether oxygens (including phenoxy) is 1. The normalized spacial score (nSPS) is 25.0. The predicted octanol–water partition coefficient (Wildman–Crippen LogP) is 2.08. The molecule has 0 unspecified atom stereocenters. The molecule has 29 heavy (non-hydrogen) atoms. The summed E-state index contributed by atoms with van der Waals surface area (Å²) >= 11 is 0. The minimum Gasteiger partial charge on any atom is -0.481 e. The van der Waals surface area contributed by atoms with Crippen molar-refractivity contribution in [2.75, 3.05) is 10.0 Å². The first-order chi connectivity index (χ1) is 13.8. The van der Waals surface area contributed by atoms with Gasteiger partial charge in [0.2, 0.25) is 5.91 Å². The molecule has 2 aromatic rings. The lowest BCUT2D eigenvalue weighted by Crippen LogP contribution is -2.39. The monoisotopic (exact) mass is 414 g/mol. The van der Waals surface area contributed by atoms with Crippen LogP contribution >= 0.6 is 0 Å². The highest BCUT2D eigenvalue weighted by molar-refractivity contribution is 7.92. The second-order valence-corrected chi connectivity index (χ2v) is 8.51. The van der Waals surface area contributed by atoms with Gasteiger partial charge < -0.3 is 15.2 Å². The molecule has 0 aliphatic carbocycles. The Hall–Kier alpha value is -3.17. The lowest BCUT2D eigenvalue weighted by Gasteiger charge is -2.21. The molecule has 2 heterocycles. The molecule has 0 radical (unpaired) electrons.